The Hall–Kier alpha value is -5.27. The lowest BCUT2D eigenvalue weighted by Crippen LogP contribution is -2.61. The lowest BCUT2D eigenvalue weighted by Gasteiger charge is -2.48. The number of ether oxygens (including phenoxy) is 1. The fraction of sp³-hybridized carbons (Fsp3) is 0.395. The van der Waals surface area contributed by atoms with Gasteiger partial charge in [-0.05, 0) is 106 Å². The quantitative estimate of drug-likeness (QED) is 0.148. The van der Waals surface area contributed by atoms with Crippen LogP contribution in [0.4, 0.5) is 17.2 Å². The van der Waals surface area contributed by atoms with Gasteiger partial charge in [-0.3, -0.25) is 24.1 Å². The van der Waals surface area contributed by atoms with Crippen LogP contribution < -0.4 is 21.1 Å². The summed E-state index contributed by atoms with van der Waals surface area (Å²) in [4.78, 5) is 41.0. The van der Waals surface area contributed by atoms with E-state index in [1.807, 2.05) is 71.3 Å². The van der Waals surface area contributed by atoms with Gasteiger partial charge in [-0.15, -0.1) is 0 Å². The van der Waals surface area contributed by atoms with Crippen molar-refractivity contribution in [1.29, 1.82) is 0 Å². The molecular formula is C38H43N9O4. The van der Waals surface area contributed by atoms with Gasteiger partial charge in [-0.1, -0.05) is 18.2 Å². The van der Waals surface area contributed by atoms with Crippen LogP contribution in [0.1, 0.15) is 38.1 Å². The zero-order valence-corrected chi connectivity index (χ0v) is 28.6. The Morgan fingerprint density at radius 2 is 1.47 bits per heavy atom. The second-order valence-electron chi connectivity index (χ2n) is 14.0. The van der Waals surface area contributed by atoms with E-state index in [9.17, 15) is 14.9 Å². The van der Waals surface area contributed by atoms with E-state index in [1.165, 1.54) is 25.6 Å². The molecule has 3 fully saturated rings. The smallest absolute Gasteiger partial charge is 0.335 e. The standard InChI is InChI=1S/C38H43N9O4/c39-36-35-37(41-26-40-36)46(38(48)45(35)29-10-12-34(13-11-29)51-33-4-2-1-3-5-33)30-17-20-42(21-18-30)19-14-27-15-22-43(23-16-27)32-24-44(25-32)28-6-8-31(9-7-28)47(49)50/h1-13,26-27,30,32H,14-25H2,(H2,39,40,41). The molecule has 13 nitrogen and oxygen atoms in total. The molecule has 0 aliphatic carbocycles. The summed E-state index contributed by atoms with van der Waals surface area (Å²) >= 11 is 0. The summed E-state index contributed by atoms with van der Waals surface area (Å²) in [5.74, 6) is 2.43. The number of nitrogens with two attached hydrogens (primary N) is 1. The molecule has 3 aliphatic rings. The van der Waals surface area contributed by atoms with Gasteiger partial charge in [0.1, 0.15) is 23.3 Å². The normalized spacial score (nSPS) is 18.2. The number of anilines is 2. The fourth-order valence-electron chi connectivity index (χ4n) is 7.98. The van der Waals surface area contributed by atoms with Gasteiger partial charge in [0, 0.05) is 56.1 Å². The van der Waals surface area contributed by atoms with Crippen molar-refractivity contribution in [2.45, 2.75) is 44.2 Å². The van der Waals surface area contributed by atoms with E-state index in [1.54, 1.807) is 16.7 Å². The summed E-state index contributed by atoms with van der Waals surface area (Å²) in [6.07, 6.45) is 6.83. The molecule has 3 aliphatic heterocycles. The van der Waals surface area contributed by atoms with Crippen molar-refractivity contribution in [3.63, 3.8) is 0 Å². The monoisotopic (exact) mass is 689 g/mol. The van der Waals surface area contributed by atoms with Gasteiger partial charge in [-0.25, -0.2) is 14.8 Å². The minimum Gasteiger partial charge on any atom is -0.457 e. The highest BCUT2D eigenvalue weighted by Crippen LogP contribution is 2.32. The molecule has 0 amide bonds. The van der Waals surface area contributed by atoms with E-state index in [2.05, 4.69) is 24.7 Å². The molecule has 2 aromatic heterocycles. The first kappa shape index (κ1) is 32.9. The number of benzene rings is 3. The van der Waals surface area contributed by atoms with Crippen LogP contribution in [0.3, 0.4) is 0 Å². The highest BCUT2D eigenvalue weighted by atomic mass is 16.6. The van der Waals surface area contributed by atoms with E-state index in [0.717, 1.165) is 76.0 Å². The van der Waals surface area contributed by atoms with Gasteiger partial charge in [-0.2, -0.15) is 0 Å². The SMILES string of the molecule is Nc1ncnc2c1n(-c1ccc(Oc3ccccc3)cc1)c(=O)n2C1CCN(CCC2CCN(C3CN(c4ccc([N+](=O)[O-])cc4)C3)CC2)CC1. The lowest BCUT2D eigenvalue weighted by atomic mass is 9.91. The van der Waals surface area contributed by atoms with Gasteiger partial charge < -0.3 is 20.3 Å². The molecule has 264 valence electrons. The fourth-order valence-corrected chi connectivity index (χ4v) is 7.98. The zero-order valence-electron chi connectivity index (χ0n) is 28.6. The third-order valence-electron chi connectivity index (χ3n) is 11.0. The molecule has 3 aromatic carbocycles. The van der Waals surface area contributed by atoms with Crippen molar-refractivity contribution < 1.29 is 9.66 Å². The number of nitrogens with zero attached hydrogens (tertiary/aromatic N) is 8. The largest absolute Gasteiger partial charge is 0.457 e. The first-order chi connectivity index (χ1) is 24.9. The van der Waals surface area contributed by atoms with Crippen LogP contribution in [0.15, 0.2) is 90.0 Å². The number of nitrogen functional groups attached to an aromatic ring is 1. The summed E-state index contributed by atoms with van der Waals surface area (Å²) in [5.41, 5.74) is 9.21. The summed E-state index contributed by atoms with van der Waals surface area (Å²) < 4.78 is 9.42. The highest BCUT2D eigenvalue weighted by molar-refractivity contribution is 5.84. The Bertz CT molecular complexity index is 2030. The summed E-state index contributed by atoms with van der Waals surface area (Å²) in [6, 6.07) is 24.5. The number of hydrogen-bond donors (Lipinski definition) is 1. The number of likely N-dealkylation sites (tertiary alicyclic amines) is 2. The Kier molecular flexibility index (Phi) is 9.13. The molecule has 0 radical (unpaired) electrons. The molecule has 51 heavy (non-hydrogen) atoms. The highest BCUT2D eigenvalue weighted by Gasteiger charge is 2.34. The first-order valence-corrected chi connectivity index (χ1v) is 17.9. The third-order valence-corrected chi connectivity index (χ3v) is 11.0. The number of imidazole rings is 1. The van der Waals surface area contributed by atoms with E-state index < -0.39 is 0 Å². The number of rotatable bonds is 10. The number of piperidine rings is 2. The molecule has 5 aromatic rings. The molecule has 0 spiro atoms. The third kappa shape index (κ3) is 6.78. The van der Waals surface area contributed by atoms with Gasteiger partial charge in [0.15, 0.2) is 11.5 Å². The minimum absolute atomic E-state index is 0.0313. The molecule has 8 rings (SSSR count). The second-order valence-corrected chi connectivity index (χ2v) is 14.0. The lowest BCUT2D eigenvalue weighted by molar-refractivity contribution is -0.384. The minimum atomic E-state index is -0.351. The maximum atomic E-state index is 14.1. The maximum absolute atomic E-state index is 14.1. The molecule has 0 atom stereocenters. The van der Waals surface area contributed by atoms with Crippen molar-refractivity contribution in [2.24, 2.45) is 5.92 Å². The molecule has 0 saturated carbocycles. The number of nitro benzene ring substituents is 1. The van der Waals surface area contributed by atoms with Crippen LogP contribution in [0, 0.1) is 16.0 Å². The van der Waals surface area contributed by atoms with Crippen LogP contribution in [-0.2, 0) is 0 Å². The van der Waals surface area contributed by atoms with Gasteiger partial charge >= 0.3 is 5.69 Å². The summed E-state index contributed by atoms with van der Waals surface area (Å²) in [7, 11) is 0. The second kappa shape index (κ2) is 14.2. The number of hydrogen-bond acceptors (Lipinski definition) is 10. The Morgan fingerprint density at radius 1 is 0.804 bits per heavy atom. The van der Waals surface area contributed by atoms with E-state index >= 15 is 0 Å². The summed E-state index contributed by atoms with van der Waals surface area (Å²) in [6.45, 7) is 7.18. The topological polar surface area (TPSA) is 141 Å². The Labute approximate surface area is 296 Å². The van der Waals surface area contributed by atoms with E-state index in [-0.39, 0.29) is 28.2 Å². The Morgan fingerprint density at radius 3 is 2.16 bits per heavy atom. The Balaban J connectivity index is 0.840. The number of fused-ring (bicyclic) bond motifs is 1. The van der Waals surface area contributed by atoms with Crippen LogP contribution in [0.2, 0.25) is 0 Å². The van der Waals surface area contributed by atoms with Gasteiger partial charge in [0.25, 0.3) is 5.69 Å². The predicted molar refractivity (Wildman–Crippen MR) is 197 cm³/mol. The number of aromatic nitrogens is 4. The molecule has 0 bridgehead atoms. The first-order valence-electron chi connectivity index (χ1n) is 17.9. The number of para-hydroxylation sites is 1. The van der Waals surface area contributed by atoms with Crippen molar-refractivity contribution in [2.75, 3.05) is 56.4 Å². The zero-order chi connectivity index (χ0) is 34.9. The molecule has 0 unspecified atom stereocenters. The number of nitro groups is 1. The van der Waals surface area contributed by atoms with Gasteiger partial charge in [0.05, 0.1) is 10.6 Å². The molecule has 3 saturated heterocycles. The van der Waals surface area contributed by atoms with Crippen molar-refractivity contribution in [3.8, 4) is 17.2 Å². The average Bonchev–Trinajstić information content (AvgIpc) is 3.44. The molecule has 2 N–H and O–H groups in total. The summed E-state index contributed by atoms with van der Waals surface area (Å²) in [5, 5.41) is 11.0. The molecule has 5 heterocycles. The van der Waals surface area contributed by atoms with E-state index in [0.29, 0.717) is 28.6 Å². The average molecular weight is 690 g/mol. The number of non-ortho nitro benzene ring substituents is 1. The van der Waals surface area contributed by atoms with Crippen molar-refractivity contribution in [1.82, 2.24) is 28.9 Å². The van der Waals surface area contributed by atoms with Gasteiger partial charge in [0.2, 0.25) is 0 Å². The molecule has 13 heteroatoms. The van der Waals surface area contributed by atoms with Crippen LogP contribution in [0.25, 0.3) is 16.9 Å². The van der Waals surface area contributed by atoms with Crippen molar-refractivity contribution in [3.05, 3.63) is 106 Å². The van der Waals surface area contributed by atoms with Crippen LogP contribution in [0.5, 0.6) is 11.5 Å². The predicted octanol–water partition coefficient (Wildman–Crippen LogP) is 5.49. The molecular weight excluding hydrogens is 646 g/mol. The van der Waals surface area contributed by atoms with E-state index in [4.69, 9.17) is 10.5 Å². The van der Waals surface area contributed by atoms with Crippen molar-refractivity contribution >= 4 is 28.4 Å². The van der Waals surface area contributed by atoms with Crippen LogP contribution in [-0.4, -0.2) is 85.7 Å². The maximum Gasteiger partial charge on any atom is 0.335 e. The van der Waals surface area contributed by atoms with Crippen LogP contribution >= 0.6 is 0 Å².